The van der Waals surface area contributed by atoms with E-state index in [4.69, 9.17) is 69.6 Å². The van der Waals surface area contributed by atoms with Gasteiger partial charge < -0.3 is 0 Å². The molecule has 0 aliphatic rings. The van der Waals surface area contributed by atoms with Gasteiger partial charge in [0.15, 0.2) is 0 Å². The number of benzene rings is 1. The van der Waals surface area contributed by atoms with Gasteiger partial charge in [-0.05, 0) is 18.4 Å². The summed E-state index contributed by atoms with van der Waals surface area (Å²) in [6, 6.07) is 5.22. The van der Waals surface area contributed by atoms with Crippen molar-refractivity contribution >= 4 is 69.6 Å². The number of hydrogen-bond donors (Lipinski definition) is 0. The van der Waals surface area contributed by atoms with Crippen molar-refractivity contribution in [1.29, 1.82) is 0 Å². The zero-order valence-corrected chi connectivity index (χ0v) is 14.2. The normalized spacial score (nSPS) is 12.8. The van der Waals surface area contributed by atoms with E-state index in [1.54, 1.807) is 18.2 Å². The van der Waals surface area contributed by atoms with Gasteiger partial charge in [0.05, 0.1) is 0 Å². The van der Waals surface area contributed by atoms with Crippen LogP contribution in [0.1, 0.15) is 36.5 Å². The largest absolute Gasteiger partial charge is 0.216 e. The summed E-state index contributed by atoms with van der Waals surface area (Å²) in [4.78, 5) is 0. The molecule has 0 heterocycles. The Balaban J connectivity index is 3.35. The molecule has 0 unspecified atom stereocenters. The first-order valence-corrected chi connectivity index (χ1v) is 7.71. The molecule has 1 aromatic rings. The van der Waals surface area contributed by atoms with E-state index in [1.807, 2.05) is 0 Å². The summed E-state index contributed by atoms with van der Waals surface area (Å²) in [5.74, 6) is 0. The molecular weight excluding hydrogens is 357 g/mol. The van der Waals surface area contributed by atoms with E-state index in [-0.39, 0.29) is 0 Å². The number of hydrogen-bond acceptors (Lipinski definition) is 0. The lowest BCUT2D eigenvalue weighted by Gasteiger charge is -2.23. The van der Waals surface area contributed by atoms with Crippen LogP contribution in [0.15, 0.2) is 18.2 Å². The fourth-order valence-corrected chi connectivity index (χ4v) is 2.80. The van der Waals surface area contributed by atoms with E-state index in [9.17, 15) is 0 Å². The van der Waals surface area contributed by atoms with Gasteiger partial charge in [0.25, 0.3) is 0 Å². The van der Waals surface area contributed by atoms with E-state index >= 15 is 0 Å². The lowest BCUT2D eigenvalue weighted by molar-refractivity contribution is 0.780. The molecule has 1 aromatic carbocycles. The molecule has 102 valence electrons. The molecular formula is C12H12Cl6. The van der Waals surface area contributed by atoms with Gasteiger partial charge in [-0.25, -0.2) is 0 Å². The second kappa shape index (κ2) is 6.61. The molecule has 0 saturated heterocycles. The number of alkyl halides is 6. The Morgan fingerprint density at radius 1 is 0.889 bits per heavy atom. The molecule has 1 rings (SSSR count). The highest BCUT2D eigenvalue weighted by molar-refractivity contribution is 6.67. The molecule has 0 nitrogen and oxygen atoms in total. The quantitative estimate of drug-likeness (QED) is 0.522. The first kappa shape index (κ1) is 17.0. The van der Waals surface area contributed by atoms with E-state index in [0.29, 0.717) is 17.5 Å². The maximum absolute atomic E-state index is 5.97. The Hall–Kier alpha value is 0.960. The number of unbranched alkanes of at least 4 members (excludes halogenated alkanes) is 1. The molecule has 18 heavy (non-hydrogen) atoms. The molecule has 0 saturated carbocycles. The van der Waals surface area contributed by atoms with Crippen LogP contribution in [0.3, 0.4) is 0 Å². The molecule has 0 aliphatic carbocycles. The summed E-state index contributed by atoms with van der Waals surface area (Å²) >= 11 is 35.8. The predicted octanol–water partition coefficient (Wildman–Crippen LogP) is 6.68. The van der Waals surface area contributed by atoms with E-state index in [1.165, 1.54) is 0 Å². The smallest absolute Gasteiger partial charge is 0.0784 e. The molecule has 0 atom stereocenters. The molecule has 0 N–H and O–H groups in total. The molecule has 0 aromatic heterocycles. The highest BCUT2D eigenvalue weighted by atomic mass is 35.6. The first-order valence-electron chi connectivity index (χ1n) is 5.44. The van der Waals surface area contributed by atoms with Crippen LogP contribution in [-0.2, 0) is 14.0 Å². The first-order chi connectivity index (χ1) is 8.18. The summed E-state index contributed by atoms with van der Waals surface area (Å²) in [6.07, 6.45) is 2.66. The minimum Gasteiger partial charge on any atom is -0.0784 e. The Labute approximate surface area is 137 Å². The molecule has 0 fully saturated rings. The van der Waals surface area contributed by atoms with Crippen molar-refractivity contribution in [3.8, 4) is 0 Å². The van der Waals surface area contributed by atoms with Crippen LogP contribution < -0.4 is 0 Å². The lowest BCUT2D eigenvalue weighted by atomic mass is 9.97. The summed E-state index contributed by atoms with van der Waals surface area (Å²) in [5, 5.41) is 0. The van der Waals surface area contributed by atoms with Gasteiger partial charge in [0.2, 0.25) is 7.59 Å². The summed E-state index contributed by atoms with van der Waals surface area (Å²) < 4.78 is -3.04. The molecule has 0 bridgehead atoms. The third-order valence-electron chi connectivity index (χ3n) is 2.57. The second-order valence-electron chi connectivity index (χ2n) is 3.93. The SMILES string of the molecule is CCCCc1c(C(Cl)(Cl)Cl)cccc1C(Cl)(Cl)Cl. The Bertz CT molecular complexity index is 370. The monoisotopic (exact) mass is 366 g/mol. The average molecular weight is 369 g/mol. The minimum atomic E-state index is -1.52. The summed E-state index contributed by atoms with van der Waals surface area (Å²) in [5.41, 5.74) is 1.95. The Kier molecular flexibility index (Phi) is 6.25. The van der Waals surface area contributed by atoms with Crippen molar-refractivity contribution in [2.24, 2.45) is 0 Å². The van der Waals surface area contributed by atoms with E-state index in [2.05, 4.69) is 6.92 Å². The Morgan fingerprint density at radius 2 is 1.33 bits per heavy atom. The molecule has 0 amide bonds. The van der Waals surface area contributed by atoms with Crippen molar-refractivity contribution in [3.63, 3.8) is 0 Å². The van der Waals surface area contributed by atoms with Crippen LogP contribution in [-0.4, -0.2) is 0 Å². The van der Waals surface area contributed by atoms with Crippen LogP contribution in [0, 0.1) is 0 Å². The summed E-state index contributed by atoms with van der Waals surface area (Å²) in [7, 11) is 0. The van der Waals surface area contributed by atoms with Gasteiger partial charge in [-0.2, -0.15) is 0 Å². The van der Waals surface area contributed by atoms with Gasteiger partial charge in [-0.3, -0.25) is 0 Å². The average Bonchev–Trinajstić information content (AvgIpc) is 2.23. The fourth-order valence-electron chi connectivity index (χ4n) is 1.74. The van der Waals surface area contributed by atoms with Crippen molar-refractivity contribution in [3.05, 3.63) is 34.9 Å². The molecule has 0 radical (unpaired) electrons. The van der Waals surface area contributed by atoms with Crippen LogP contribution in [0.4, 0.5) is 0 Å². The van der Waals surface area contributed by atoms with Gasteiger partial charge >= 0.3 is 0 Å². The zero-order valence-electron chi connectivity index (χ0n) is 9.62. The fraction of sp³-hybridized carbons (Fsp3) is 0.500. The topological polar surface area (TPSA) is 0 Å². The van der Waals surface area contributed by atoms with Crippen LogP contribution in [0.5, 0.6) is 0 Å². The van der Waals surface area contributed by atoms with Crippen molar-refractivity contribution in [2.75, 3.05) is 0 Å². The maximum Gasteiger partial charge on any atom is 0.216 e. The van der Waals surface area contributed by atoms with E-state index in [0.717, 1.165) is 18.4 Å². The lowest BCUT2D eigenvalue weighted by Crippen LogP contribution is -2.13. The van der Waals surface area contributed by atoms with Gasteiger partial charge in [0.1, 0.15) is 0 Å². The molecule has 0 spiro atoms. The van der Waals surface area contributed by atoms with Crippen molar-refractivity contribution in [1.82, 2.24) is 0 Å². The second-order valence-corrected chi connectivity index (χ2v) is 8.49. The van der Waals surface area contributed by atoms with Crippen molar-refractivity contribution < 1.29 is 0 Å². The Morgan fingerprint density at radius 3 is 1.67 bits per heavy atom. The summed E-state index contributed by atoms with van der Waals surface area (Å²) in [6.45, 7) is 2.08. The minimum absolute atomic E-state index is 0.574. The van der Waals surface area contributed by atoms with Crippen LogP contribution in [0.2, 0.25) is 0 Å². The van der Waals surface area contributed by atoms with Gasteiger partial charge in [-0.1, -0.05) is 101 Å². The standard InChI is InChI=1S/C12H12Cl6/c1-2-3-5-8-9(11(13,14)15)6-4-7-10(8)12(16,17)18/h4,6-7H,2-3,5H2,1H3. The maximum atomic E-state index is 5.97. The molecule has 6 heteroatoms. The van der Waals surface area contributed by atoms with Crippen LogP contribution >= 0.6 is 69.6 Å². The van der Waals surface area contributed by atoms with Gasteiger partial charge in [0, 0.05) is 11.1 Å². The molecule has 0 aliphatic heterocycles. The zero-order chi connectivity index (χ0) is 14.0. The highest BCUT2D eigenvalue weighted by Crippen LogP contribution is 2.46. The number of rotatable bonds is 3. The van der Waals surface area contributed by atoms with Crippen molar-refractivity contribution in [2.45, 2.75) is 33.8 Å². The van der Waals surface area contributed by atoms with E-state index < -0.39 is 7.59 Å². The van der Waals surface area contributed by atoms with Gasteiger partial charge in [-0.15, -0.1) is 0 Å². The predicted molar refractivity (Wildman–Crippen MR) is 83.5 cm³/mol. The third kappa shape index (κ3) is 4.51. The number of halogens is 6. The highest BCUT2D eigenvalue weighted by Gasteiger charge is 2.32. The van der Waals surface area contributed by atoms with Crippen LogP contribution in [0.25, 0.3) is 0 Å². The third-order valence-corrected chi connectivity index (χ3v) is 3.79.